The molecule has 0 aliphatic carbocycles. The van der Waals surface area contributed by atoms with Gasteiger partial charge in [0.15, 0.2) is 5.78 Å². The maximum Gasteiger partial charge on any atom is 0.357 e. The molecule has 0 aliphatic rings. The molecule has 1 atom stereocenters. The highest BCUT2D eigenvalue weighted by Crippen LogP contribution is 2.59. The highest BCUT2D eigenvalue weighted by molar-refractivity contribution is 7.54. The molecule has 0 saturated carbocycles. The Balaban J connectivity index is 2.36. The lowest BCUT2D eigenvalue weighted by atomic mass is 10.2. The highest BCUT2D eigenvalue weighted by Gasteiger charge is 2.38. The van der Waals surface area contributed by atoms with Crippen molar-refractivity contribution < 1.29 is 22.8 Å². The van der Waals surface area contributed by atoms with Crippen molar-refractivity contribution in [2.45, 2.75) is 19.6 Å². The van der Waals surface area contributed by atoms with Crippen molar-refractivity contribution in [1.82, 2.24) is 5.32 Å². The zero-order valence-corrected chi connectivity index (χ0v) is 15.0. The van der Waals surface area contributed by atoms with Gasteiger partial charge in [-0.1, -0.05) is 30.3 Å². The first kappa shape index (κ1) is 19.3. The molecule has 0 aliphatic heterocycles. The Morgan fingerprint density at radius 2 is 1.60 bits per heavy atom. The molecule has 0 fully saturated rings. The molecule has 0 spiro atoms. The van der Waals surface area contributed by atoms with Crippen LogP contribution in [0.4, 0.5) is 4.39 Å². The number of carbonyl (C=O) groups excluding carboxylic acids is 1. The lowest BCUT2D eigenvalue weighted by molar-refractivity contribution is 0.0937. The van der Waals surface area contributed by atoms with E-state index < -0.39 is 25.1 Å². The number of halogens is 1. The van der Waals surface area contributed by atoms with Gasteiger partial charge < -0.3 is 14.4 Å². The molecule has 7 heteroatoms. The Labute approximate surface area is 146 Å². The number of benzene rings is 2. The average molecular weight is 365 g/mol. The molecule has 134 valence electrons. The summed E-state index contributed by atoms with van der Waals surface area (Å²) in [5, 5.41) is 2.70. The molecule has 0 radical (unpaired) electrons. The first-order valence-corrected chi connectivity index (χ1v) is 9.61. The fourth-order valence-electron chi connectivity index (χ4n) is 2.34. The van der Waals surface area contributed by atoms with Gasteiger partial charge in [-0.2, -0.15) is 0 Å². The molecule has 0 heterocycles. The SMILES string of the molecule is CCOP(=O)(OCC)[C@@H](NC(=O)c1ccc(F)cc1)c1ccccc1. The second kappa shape index (κ2) is 8.90. The number of nitrogens with one attached hydrogen (secondary N) is 1. The lowest BCUT2D eigenvalue weighted by Crippen LogP contribution is -2.29. The van der Waals surface area contributed by atoms with Crippen molar-refractivity contribution >= 4 is 13.5 Å². The normalized spacial score (nSPS) is 12.6. The van der Waals surface area contributed by atoms with Crippen LogP contribution in [0.3, 0.4) is 0 Å². The molecule has 25 heavy (non-hydrogen) atoms. The quantitative estimate of drug-likeness (QED) is 0.699. The van der Waals surface area contributed by atoms with Crippen molar-refractivity contribution in [1.29, 1.82) is 0 Å². The summed E-state index contributed by atoms with van der Waals surface area (Å²) in [4.78, 5) is 12.5. The zero-order valence-electron chi connectivity index (χ0n) is 14.1. The molecule has 2 aromatic carbocycles. The van der Waals surface area contributed by atoms with Crippen LogP contribution >= 0.6 is 7.60 Å². The first-order chi connectivity index (χ1) is 12.0. The molecule has 2 rings (SSSR count). The summed E-state index contributed by atoms with van der Waals surface area (Å²) < 4.78 is 37.1. The van der Waals surface area contributed by atoms with Crippen molar-refractivity contribution in [3.05, 3.63) is 71.5 Å². The van der Waals surface area contributed by atoms with Crippen molar-refractivity contribution in [2.24, 2.45) is 0 Å². The Bertz CT molecular complexity index is 727. The van der Waals surface area contributed by atoms with Crippen LogP contribution in [0.2, 0.25) is 0 Å². The predicted octanol–water partition coefficient (Wildman–Crippen LogP) is 4.52. The van der Waals surface area contributed by atoms with E-state index in [4.69, 9.17) is 9.05 Å². The van der Waals surface area contributed by atoms with Gasteiger partial charge in [0.25, 0.3) is 5.91 Å². The third kappa shape index (κ3) is 4.98. The minimum atomic E-state index is -3.64. The summed E-state index contributed by atoms with van der Waals surface area (Å²) in [6, 6.07) is 13.9. The molecule has 0 unspecified atom stereocenters. The maximum atomic E-state index is 13.2. The average Bonchev–Trinajstić information content (AvgIpc) is 2.61. The Morgan fingerprint density at radius 1 is 1.04 bits per heavy atom. The van der Waals surface area contributed by atoms with Gasteiger partial charge in [0, 0.05) is 5.56 Å². The number of hydrogen-bond acceptors (Lipinski definition) is 4. The van der Waals surface area contributed by atoms with E-state index in [1.807, 2.05) is 6.07 Å². The second-order valence-electron chi connectivity index (χ2n) is 5.17. The summed E-state index contributed by atoms with van der Waals surface area (Å²) in [5.74, 6) is -1.90. The molecule has 0 saturated heterocycles. The molecule has 1 N–H and O–H groups in total. The predicted molar refractivity (Wildman–Crippen MR) is 93.9 cm³/mol. The van der Waals surface area contributed by atoms with E-state index in [1.54, 1.807) is 38.1 Å². The fraction of sp³-hybridized carbons (Fsp3) is 0.278. The smallest absolute Gasteiger partial charge is 0.334 e. The Morgan fingerprint density at radius 3 is 2.12 bits per heavy atom. The van der Waals surface area contributed by atoms with E-state index in [-0.39, 0.29) is 18.8 Å². The van der Waals surface area contributed by atoms with E-state index in [0.717, 1.165) is 0 Å². The molecular formula is C18H21FNO4P. The van der Waals surface area contributed by atoms with E-state index in [0.29, 0.717) is 5.56 Å². The summed E-state index contributed by atoms with van der Waals surface area (Å²) in [5.41, 5.74) is 0.852. The van der Waals surface area contributed by atoms with Gasteiger partial charge >= 0.3 is 7.60 Å². The van der Waals surface area contributed by atoms with Crippen LogP contribution in [-0.2, 0) is 13.6 Å². The Kier molecular flexibility index (Phi) is 6.88. The van der Waals surface area contributed by atoms with Crippen LogP contribution in [0, 0.1) is 5.82 Å². The van der Waals surface area contributed by atoms with Crippen LogP contribution in [0.1, 0.15) is 35.6 Å². The van der Waals surface area contributed by atoms with E-state index in [1.165, 1.54) is 24.3 Å². The second-order valence-corrected chi connectivity index (χ2v) is 7.28. The van der Waals surface area contributed by atoms with Crippen LogP contribution in [0.15, 0.2) is 54.6 Å². The van der Waals surface area contributed by atoms with Gasteiger partial charge in [0.05, 0.1) is 13.2 Å². The van der Waals surface area contributed by atoms with Gasteiger partial charge in [-0.3, -0.25) is 9.36 Å². The monoisotopic (exact) mass is 365 g/mol. The third-order valence-electron chi connectivity index (χ3n) is 3.42. The summed E-state index contributed by atoms with van der Waals surface area (Å²) in [6.07, 6.45) is 0. The molecule has 5 nitrogen and oxygen atoms in total. The van der Waals surface area contributed by atoms with Crippen molar-refractivity contribution in [3.8, 4) is 0 Å². The number of amides is 1. The Hall–Kier alpha value is -2.01. The minimum absolute atomic E-state index is 0.174. The standard InChI is InChI=1S/C18H21FNO4P/c1-3-23-25(22,24-4-2)18(15-8-6-5-7-9-15)20-17(21)14-10-12-16(19)13-11-14/h5-13,18H,3-4H2,1-2H3,(H,20,21)/t18-/m1/s1. The van der Waals surface area contributed by atoms with Crippen LogP contribution < -0.4 is 5.32 Å². The lowest BCUT2D eigenvalue weighted by Gasteiger charge is -2.27. The number of hydrogen-bond donors (Lipinski definition) is 1. The topological polar surface area (TPSA) is 64.6 Å². The largest absolute Gasteiger partial charge is 0.357 e. The maximum absolute atomic E-state index is 13.2. The fourth-order valence-corrected chi connectivity index (χ4v) is 4.24. The van der Waals surface area contributed by atoms with Gasteiger partial charge in [0.2, 0.25) is 0 Å². The van der Waals surface area contributed by atoms with Crippen molar-refractivity contribution in [3.63, 3.8) is 0 Å². The van der Waals surface area contributed by atoms with E-state index >= 15 is 0 Å². The van der Waals surface area contributed by atoms with E-state index in [2.05, 4.69) is 5.32 Å². The molecule has 1 amide bonds. The van der Waals surface area contributed by atoms with Gasteiger partial charge in [-0.25, -0.2) is 4.39 Å². The van der Waals surface area contributed by atoms with Gasteiger partial charge in [-0.05, 0) is 43.7 Å². The molecule has 0 aromatic heterocycles. The third-order valence-corrected chi connectivity index (χ3v) is 5.72. The molecule has 2 aromatic rings. The summed E-state index contributed by atoms with van der Waals surface area (Å²) >= 11 is 0. The van der Waals surface area contributed by atoms with Crippen LogP contribution in [0.5, 0.6) is 0 Å². The van der Waals surface area contributed by atoms with Crippen LogP contribution in [0.25, 0.3) is 0 Å². The number of rotatable bonds is 8. The van der Waals surface area contributed by atoms with E-state index in [9.17, 15) is 13.8 Å². The minimum Gasteiger partial charge on any atom is -0.334 e. The van der Waals surface area contributed by atoms with Gasteiger partial charge in [-0.15, -0.1) is 0 Å². The van der Waals surface area contributed by atoms with Crippen LogP contribution in [-0.4, -0.2) is 19.1 Å². The highest BCUT2D eigenvalue weighted by atomic mass is 31.2. The first-order valence-electron chi connectivity index (χ1n) is 8.00. The molecule has 0 bridgehead atoms. The van der Waals surface area contributed by atoms with Crippen molar-refractivity contribution in [2.75, 3.05) is 13.2 Å². The van der Waals surface area contributed by atoms with Gasteiger partial charge in [0.1, 0.15) is 5.82 Å². The summed E-state index contributed by atoms with van der Waals surface area (Å²) in [6.45, 7) is 3.76. The number of carbonyl (C=O) groups is 1. The zero-order chi connectivity index (χ0) is 18.3. The summed E-state index contributed by atoms with van der Waals surface area (Å²) in [7, 11) is -3.64. The molecular weight excluding hydrogens is 344 g/mol.